The van der Waals surface area contributed by atoms with Gasteiger partial charge in [-0.1, -0.05) is 35.7 Å². The lowest BCUT2D eigenvalue weighted by Crippen LogP contribution is -2.50. The number of nitrogens with zero attached hydrogens (tertiary/aromatic N) is 1. The summed E-state index contributed by atoms with van der Waals surface area (Å²) in [6.07, 6.45) is 9.89. The monoisotopic (exact) mass is 541 g/mol. The molecule has 2 amide bonds. The summed E-state index contributed by atoms with van der Waals surface area (Å²) >= 11 is 14.1. The lowest BCUT2D eigenvalue weighted by Gasteiger charge is -2.32. The number of carbonyl (C=O) groups is 3. The Kier molecular flexibility index (Phi) is 10.8. The third-order valence-corrected chi connectivity index (χ3v) is 8.40. The Morgan fingerprint density at radius 2 is 1.94 bits per heavy atom. The molecule has 2 saturated heterocycles. The molecule has 0 saturated carbocycles. The van der Waals surface area contributed by atoms with Crippen LogP contribution in [0.4, 0.5) is 0 Å². The van der Waals surface area contributed by atoms with Crippen LogP contribution in [-0.2, 0) is 19.1 Å². The largest absolute Gasteiger partial charge is 0.467 e. The highest BCUT2D eigenvalue weighted by atomic mass is 35.5. The lowest BCUT2D eigenvalue weighted by atomic mass is 9.94. The van der Waals surface area contributed by atoms with Crippen molar-refractivity contribution in [3.63, 3.8) is 0 Å². The maximum atomic E-state index is 12.9. The molecule has 2 atom stereocenters. The average molecular weight is 543 g/mol. The SMILES string of the molecule is COC(=O)C(CC1CCCCN1)NC(=O)C1CCN(C(=O)C=Cc2ccc(SC)c(Cl)c2Cl)CC1. The molecular formula is C25H33Cl2N3O4S. The Labute approximate surface area is 221 Å². The fourth-order valence-corrected chi connectivity index (χ4v) is 5.69. The van der Waals surface area contributed by atoms with E-state index in [9.17, 15) is 14.4 Å². The van der Waals surface area contributed by atoms with Crippen LogP contribution in [0, 0.1) is 5.92 Å². The Hall–Kier alpha value is -1.74. The summed E-state index contributed by atoms with van der Waals surface area (Å²) in [4.78, 5) is 40.4. The van der Waals surface area contributed by atoms with Crippen molar-refractivity contribution in [3.05, 3.63) is 33.8 Å². The molecule has 2 heterocycles. The zero-order chi connectivity index (χ0) is 25.4. The molecule has 2 aliphatic heterocycles. The molecule has 7 nitrogen and oxygen atoms in total. The number of hydrogen-bond acceptors (Lipinski definition) is 6. The molecule has 3 rings (SSSR count). The van der Waals surface area contributed by atoms with Crippen molar-refractivity contribution in [1.82, 2.24) is 15.5 Å². The molecule has 192 valence electrons. The summed E-state index contributed by atoms with van der Waals surface area (Å²) in [5.41, 5.74) is 0.679. The summed E-state index contributed by atoms with van der Waals surface area (Å²) in [7, 11) is 1.34. The van der Waals surface area contributed by atoms with E-state index in [1.165, 1.54) is 24.9 Å². The Morgan fingerprint density at radius 3 is 2.57 bits per heavy atom. The van der Waals surface area contributed by atoms with Crippen molar-refractivity contribution in [3.8, 4) is 0 Å². The number of esters is 1. The zero-order valence-corrected chi connectivity index (χ0v) is 22.5. The normalized spacial score (nSPS) is 20.0. The number of ether oxygens (including phenoxy) is 1. The number of likely N-dealkylation sites (tertiary alicyclic amines) is 1. The van der Waals surface area contributed by atoms with Crippen LogP contribution >= 0.6 is 35.0 Å². The predicted octanol–water partition coefficient (Wildman–Crippen LogP) is 4.16. The highest BCUT2D eigenvalue weighted by Gasteiger charge is 2.31. The van der Waals surface area contributed by atoms with Gasteiger partial charge in [-0.25, -0.2) is 4.79 Å². The number of nitrogens with one attached hydrogen (secondary N) is 2. The minimum atomic E-state index is -0.667. The summed E-state index contributed by atoms with van der Waals surface area (Å²) in [6.45, 7) is 1.86. The van der Waals surface area contributed by atoms with Crippen LogP contribution in [0.1, 0.15) is 44.1 Å². The smallest absolute Gasteiger partial charge is 0.328 e. The first-order valence-electron chi connectivity index (χ1n) is 11.9. The molecule has 2 fully saturated rings. The third-order valence-electron chi connectivity index (χ3n) is 6.61. The van der Waals surface area contributed by atoms with Crippen molar-refractivity contribution in [2.45, 2.75) is 55.5 Å². The fourth-order valence-electron chi connectivity index (χ4n) is 4.52. The second kappa shape index (κ2) is 13.5. The maximum absolute atomic E-state index is 12.9. The van der Waals surface area contributed by atoms with Gasteiger partial charge in [-0.3, -0.25) is 9.59 Å². The number of thioether (sulfide) groups is 1. The highest BCUT2D eigenvalue weighted by molar-refractivity contribution is 7.98. The summed E-state index contributed by atoms with van der Waals surface area (Å²) in [5.74, 6) is -0.968. The molecule has 0 bridgehead atoms. The Bertz CT molecular complexity index is 945. The molecule has 0 radical (unpaired) electrons. The van der Waals surface area contributed by atoms with Crippen LogP contribution in [0.5, 0.6) is 0 Å². The molecular weight excluding hydrogens is 509 g/mol. The molecule has 2 unspecified atom stereocenters. The van der Waals surface area contributed by atoms with Crippen molar-refractivity contribution >= 4 is 58.8 Å². The molecule has 0 aromatic heterocycles. The van der Waals surface area contributed by atoms with E-state index in [-0.39, 0.29) is 23.8 Å². The first-order chi connectivity index (χ1) is 16.8. The number of methoxy groups -OCH3 is 1. The van der Waals surface area contributed by atoms with Gasteiger partial charge in [-0.2, -0.15) is 0 Å². The molecule has 2 N–H and O–H groups in total. The first-order valence-corrected chi connectivity index (χ1v) is 13.9. The van der Waals surface area contributed by atoms with E-state index in [4.69, 9.17) is 27.9 Å². The molecule has 1 aromatic carbocycles. The van der Waals surface area contributed by atoms with Crippen molar-refractivity contribution in [1.29, 1.82) is 0 Å². The summed E-state index contributed by atoms with van der Waals surface area (Å²) in [6, 6.07) is 3.24. The molecule has 2 aliphatic rings. The average Bonchev–Trinajstić information content (AvgIpc) is 2.89. The second-order valence-electron chi connectivity index (χ2n) is 8.88. The van der Waals surface area contributed by atoms with Crippen LogP contribution in [0.15, 0.2) is 23.1 Å². The number of halogens is 2. The van der Waals surface area contributed by atoms with Gasteiger partial charge in [0.2, 0.25) is 11.8 Å². The number of amides is 2. The third kappa shape index (κ3) is 7.62. The van der Waals surface area contributed by atoms with Gasteiger partial charge in [-0.05, 0) is 62.6 Å². The number of hydrogen-bond donors (Lipinski definition) is 2. The standard InChI is InChI=1S/C25H33Cl2N3O4S/c1-34-25(33)19(15-18-5-3-4-12-28-18)29-24(32)17-10-13-30(14-11-17)21(31)9-7-16-6-8-20(35-2)23(27)22(16)26/h6-9,17-19,28H,3-5,10-15H2,1-2H3,(H,29,32). The minimum Gasteiger partial charge on any atom is -0.467 e. The quantitative estimate of drug-likeness (QED) is 0.292. The summed E-state index contributed by atoms with van der Waals surface area (Å²) < 4.78 is 4.92. The van der Waals surface area contributed by atoms with Crippen LogP contribution in [0.3, 0.4) is 0 Å². The Balaban J connectivity index is 1.52. The van der Waals surface area contributed by atoms with Gasteiger partial charge in [0.1, 0.15) is 6.04 Å². The van der Waals surface area contributed by atoms with E-state index in [1.54, 1.807) is 11.0 Å². The highest BCUT2D eigenvalue weighted by Crippen LogP contribution is 2.35. The van der Waals surface area contributed by atoms with E-state index in [1.807, 2.05) is 18.4 Å². The van der Waals surface area contributed by atoms with Crippen LogP contribution in [0.25, 0.3) is 6.08 Å². The van der Waals surface area contributed by atoms with E-state index in [2.05, 4.69) is 10.6 Å². The van der Waals surface area contributed by atoms with Crippen molar-refractivity contribution in [2.24, 2.45) is 5.92 Å². The molecule has 0 aliphatic carbocycles. The number of piperidine rings is 2. The van der Waals surface area contributed by atoms with E-state index in [0.717, 1.165) is 30.7 Å². The van der Waals surface area contributed by atoms with Gasteiger partial charge in [0, 0.05) is 36.0 Å². The van der Waals surface area contributed by atoms with Gasteiger partial charge in [0.25, 0.3) is 0 Å². The van der Waals surface area contributed by atoms with Gasteiger partial charge in [0.05, 0.1) is 17.2 Å². The minimum absolute atomic E-state index is 0.138. The van der Waals surface area contributed by atoms with Crippen LogP contribution < -0.4 is 10.6 Å². The van der Waals surface area contributed by atoms with Crippen molar-refractivity contribution in [2.75, 3.05) is 33.0 Å². The fraction of sp³-hybridized carbons (Fsp3) is 0.560. The van der Waals surface area contributed by atoms with Crippen LogP contribution in [-0.4, -0.2) is 67.8 Å². The Morgan fingerprint density at radius 1 is 1.20 bits per heavy atom. The number of benzene rings is 1. The lowest BCUT2D eigenvalue weighted by molar-refractivity contribution is -0.146. The second-order valence-corrected chi connectivity index (χ2v) is 10.5. The topological polar surface area (TPSA) is 87.7 Å². The van der Waals surface area contributed by atoms with Gasteiger partial charge in [-0.15, -0.1) is 11.8 Å². The van der Waals surface area contributed by atoms with Crippen molar-refractivity contribution < 1.29 is 19.1 Å². The first kappa shape index (κ1) is 27.8. The van der Waals surface area contributed by atoms with Crippen LogP contribution in [0.2, 0.25) is 10.0 Å². The zero-order valence-electron chi connectivity index (χ0n) is 20.1. The molecule has 1 aromatic rings. The van der Waals surface area contributed by atoms with Gasteiger partial charge < -0.3 is 20.3 Å². The summed E-state index contributed by atoms with van der Waals surface area (Å²) in [5, 5.41) is 7.20. The molecule has 0 spiro atoms. The maximum Gasteiger partial charge on any atom is 0.328 e. The molecule has 10 heteroatoms. The predicted molar refractivity (Wildman–Crippen MR) is 141 cm³/mol. The van der Waals surface area contributed by atoms with E-state index < -0.39 is 12.0 Å². The number of rotatable bonds is 8. The molecule has 35 heavy (non-hydrogen) atoms. The van der Waals surface area contributed by atoms with Gasteiger partial charge >= 0.3 is 5.97 Å². The van der Waals surface area contributed by atoms with E-state index >= 15 is 0 Å². The number of carbonyl (C=O) groups excluding carboxylic acids is 3. The van der Waals surface area contributed by atoms with E-state index in [0.29, 0.717) is 48.0 Å². The van der Waals surface area contributed by atoms with Gasteiger partial charge in [0.15, 0.2) is 0 Å².